The Balaban J connectivity index is 2.57. The largest absolute Gasteiger partial charge is 0.481 e. The molecular formula is C5H4O. The molecule has 1 saturated heterocycles. The number of hydrogen-bond donors (Lipinski definition) is 0. The van der Waals surface area contributed by atoms with Crippen LogP contribution in [-0.4, -0.2) is 6.10 Å². The highest BCUT2D eigenvalue weighted by Crippen LogP contribution is 2.28. The summed E-state index contributed by atoms with van der Waals surface area (Å²) in [4.78, 5) is 0. The van der Waals surface area contributed by atoms with Gasteiger partial charge in [0, 0.05) is 6.08 Å². The van der Waals surface area contributed by atoms with Crippen LogP contribution in [0, 0.1) is 0 Å². The summed E-state index contributed by atoms with van der Waals surface area (Å²) in [6.07, 6.45) is 3.50. The van der Waals surface area contributed by atoms with E-state index in [0.29, 0.717) is 6.10 Å². The molecule has 0 saturated carbocycles. The third-order valence-electron chi connectivity index (χ3n) is 1.11. The molecule has 1 unspecified atom stereocenters. The first-order valence-corrected chi connectivity index (χ1v) is 2.07. The van der Waals surface area contributed by atoms with Crippen molar-refractivity contribution in [3.63, 3.8) is 0 Å². The van der Waals surface area contributed by atoms with Crippen molar-refractivity contribution in [3.05, 3.63) is 17.6 Å². The molecule has 0 aromatic rings. The Morgan fingerprint density at radius 3 is 3.00 bits per heavy atom. The van der Waals surface area contributed by atoms with Gasteiger partial charge in [0.2, 0.25) is 0 Å². The summed E-state index contributed by atoms with van der Waals surface area (Å²) >= 11 is 0. The number of ether oxygens (including phenoxy) is 1. The molecule has 2 bridgehead atoms. The van der Waals surface area contributed by atoms with Crippen molar-refractivity contribution >= 4 is 0 Å². The molecule has 0 radical (unpaired) electrons. The molecular weight excluding hydrogens is 76.1 g/mol. The van der Waals surface area contributed by atoms with Crippen molar-refractivity contribution in [1.29, 1.82) is 0 Å². The van der Waals surface area contributed by atoms with Gasteiger partial charge in [-0.25, -0.2) is 0 Å². The molecule has 0 amide bonds. The summed E-state index contributed by atoms with van der Waals surface area (Å²) in [6.45, 7) is 0. The molecule has 6 heavy (non-hydrogen) atoms. The molecule has 30 valence electrons. The van der Waals surface area contributed by atoms with Crippen molar-refractivity contribution in [2.45, 2.75) is 12.5 Å². The molecule has 3 rings (SSSR count). The summed E-state index contributed by atoms with van der Waals surface area (Å²) in [6, 6.07) is 0. The van der Waals surface area contributed by atoms with Crippen LogP contribution >= 0.6 is 0 Å². The van der Waals surface area contributed by atoms with Crippen LogP contribution in [-0.2, 0) is 4.74 Å². The monoisotopic (exact) mass is 80.0 g/mol. The van der Waals surface area contributed by atoms with E-state index < -0.39 is 0 Å². The highest BCUT2D eigenvalue weighted by atomic mass is 16.5. The Morgan fingerprint density at radius 2 is 2.83 bits per heavy atom. The molecule has 3 aliphatic rings. The minimum absolute atomic E-state index is 0.417. The van der Waals surface area contributed by atoms with E-state index in [-0.39, 0.29) is 0 Å². The molecule has 0 spiro atoms. The summed E-state index contributed by atoms with van der Waals surface area (Å²) in [7, 11) is 0. The zero-order valence-corrected chi connectivity index (χ0v) is 3.27. The fourth-order valence-corrected chi connectivity index (χ4v) is 0.728. The quantitative estimate of drug-likeness (QED) is 0.391. The lowest BCUT2D eigenvalue weighted by Crippen LogP contribution is -2.16. The van der Waals surface area contributed by atoms with E-state index in [1.54, 1.807) is 0 Å². The van der Waals surface area contributed by atoms with Crippen molar-refractivity contribution in [2.75, 3.05) is 0 Å². The molecule has 2 heterocycles. The Morgan fingerprint density at radius 1 is 2.00 bits per heavy atom. The SMILES string of the molecule is C1=CC2CC=1O2. The van der Waals surface area contributed by atoms with Gasteiger partial charge in [-0.15, -0.1) is 0 Å². The molecule has 1 aliphatic carbocycles. The maximum absolute atomic E-state index is 5.00. The topological polar surface area (TPSA) is 9.23 Å². The molecule has 1 heteroatoms. The summed E-state index contributed by atoms with van der Waals surface area (Å²) in [5.74, 6) is 1.04. The number of hydrogen-bond acceptors (Lipinski definition) is 1. The smallest absolute Gasteiger partial charge is 0.143 e. The van der Waals surface area contributed by atoms with Crippen molar-refractivity contribution in [2.24, 2.45) is 0 Å². The van der Waals surface area contributed by atoms with Crippen LogP contribution in [0.1, 0.15) is 6.42 Å². The van der Waals surface area contributed by atoms with Crippen molar-refractivity contribution < 1.29 is 4.74 Å². The zero-order valence-electron chi connectivity index (χ0n) is 3.27. The van der Waals surface area contributed by atoms with E-state index in [4.69, 9.17) is 4.74 Å². The van der Waals surface area contributed by atoms with Gasteiger partial charge in [-0.1, -0.05) is 5.73 Å². The van der Waals surface area contributed by atoms with E-state index in [1.807, 2.05) is 6.08 Å². The second-order valence-corrected chi connectivity index (χ2v) is 1.59. The van der Waals surface area contributed by atoms with Gasteiger partial charge >= 0.3 is 0 Å². The predicted octanol–water partition coefficient (Wildman–Crippen LogP) is 0.828. The van der Waals surface area contributed by atoms with Crippen LogP contribution in [0.5, 0.6) is 0 Å². The Labute approximate surface area is 35.9 Å². The first kappa shape index (κ1) is 2.49. The second kappa shape index (κ2) is 0.548. The fourth-order valence-electron chi connectivity index (χ4n) is 0.728. The lowest BCUT2D eigenvalue weighted by Gasteiger charge is -2.19. The Kier molecular flexibility index (Phi) is 0.227. The molecule has 0 aromatic heterocycles. The highest BCUT2D eigenvalue weighted by molar-refractivity contribution is 5.17. The van der Waals surface area contributed by atoms with Gasteiger partial charge in [-0.05, 0) is 0 Å². The molecule has 0 aromatic carbocycles. The average molecular weight is 80.1 g/mol. The van der Waals surface area contributed by atoms with Crippen LogP contribution in [0.25, 0.3) is 0 Å². The predicted molar refractivity (Wildman–Crippen MR) is 21.1 cm³/mol. The normalized spacial score (nSPS) is 34.7. The maximum atomic E-state index is 5.00. The third-order valence-corrected chi connectivity index (χ3v) is 1.11. The van der Waals surface area contributed by atoms with Crippen LogP contribution < -0.4 is 0 Å². The van der Waals surface area contributed by atoms with Gasteiger partial charge in [-0.2, -0.15) is 0 Å². The van der Waals surface area contributed by atoms with Crippen LogP contribution in [0.15, 0.2) is 17.6 Å². The minimum Gasteiger partial charge on any atom is -0.481 e. The van der Waals surface area contributed by atoms with Gasteiger partial charge in [0.1, 0.15) is 11.9 Å². The first-order valence-electron chi connectivity index (χ1n) is 2.07. The molecule has 1 nitrogen and oxygen atoms in total. The van der Waals surface area contributed by atoms with E-state index in [2.05, 4.69) is 5.73 Å². The van der Waals surface area contributed by atoms with Gasteiger partial charge in [-0.3, -0.25) is 0 Å². The van der Waals surface area contributed by atoms with Crippen LogP contribution in [0.4, 0.5) is 0 Å². The number of rotatable bonds is 0. The van der Waals surface area contributed by atoms with Gasteiger partial charge in [0.05, 0.1) is 6.42 Å². The van der Waals surface area contributed by atoms with Gasteiger partial charge in [0.15, 0.2) is 0 Å². The maximum Gasteiger partial charge on any atom is 0.143 e. The van der Waals surface area contributed by atoms with Crippen LogP contribution in [0.2, 0.25) is 0 Å². The zero-order chi connectivity index (χ0) is 3.98. The highest BCUT2D eigenvalue weighted by Gasteiger charge is 2.26. The van der Waals surface area contributed by atoms with Crippen LogP contribution in [0.3, 0.4) is 0 Å². The lowest BCUT2D eigenvalue weighted by molar-refractivity contribution is 0.0703. The molecule has 1 atom stereocenters. The molecule has 2 aliphatic heterocycles. The Bertz CT molecular complexity index is 132. The lowest BCUT2D eigenvalue weighted by atomic mass is 10.2. The van der Waals surface area contributed by atoms with E-state index in [0.717, 1.165) is 12.2 Å². The average Bonchev–Trinajstić information content (AvgIpc) is 1.72. The fraction of sp³-hybridized carbons (Fsp3) is 0.400. The van der Waals surface area contributed by atoms with E-state index in [1.165, 1.54) is 0 Å². The second-order valence-electron chi connectivity index (χ2n) is 1.59. The van der Waals surface area contributed by atoms with E-state index in [9.17, 15) is 0 Å². The molecule has 0 N–H and O–H groups in total. The standard InChI is InChI=1S/C5H4O/c1-2-5-3-4(1)6-5/h1,4H,3H2. The van der Waals surface area contributed by atoms with E-state index >= 15 is 0 Å². The summed E-state index contributed by atoms with van der Waals surface area (Å²) < 4.78 is 5.00. The third kappa shape index (κ3) is 0.118. The van der Waals surface area contributed by atoms with Crippen molar-refractivity contribution in [3.8, 4) is 0 Å². The summed E-state index contributed by atoms with van der Waals surface area (Å²) in [5, 5.41) is 0. The van der Waals surface area contributed by atoms with Gasteiger partial charge in [0.25, 0.3) is 0 Å². The Hall–Kier alpha value is -0.680. The molecule has 1 fully saturated rings. The van der Waals surface area contributed by atoms with Crippen molar-refractivity contribution in [1.82, 2.24) is 0 Å². The first-order chi connectivity index (χ1) is 2.95. The van der Waals surface area contributed by atoms with Gasteiger partial charge < -0.3 is 4.74 Å². The summed E-state index contributed by atoms with van der Waals surface area (Å²) in [5.41, 5.74) is 2.96. The minimum atomic E-state index is 0.417.